The summed E-state index contributed by atoms with van der Waals surface area (Å²) >= 11 is 6.44. The molecule has 1 fully saturated rings. The average molecular weight is 478 g/mol. The van der Waals surface area contributed by atoms with Gasteiger partial charge in [-0.2, -0.15) is 5.10 Å². The van der Waals surface area contributed by atoms with E-state index in [1.165, 1.54) is 12.4 Å². The maximum Gasteiger partial charge on any atom is 0.246 e. The number of pyridine rings is 1. The van der Waals surface area contributed by atoms with Crippen LogP contribution in [0.25, 0.3) is 21.8 Å². The van der Waals surface area contributed by atoms with Crippen molar-refractivity contribution in [1.82, 2.24) is 30.0 Å². The predicted octanol–water partition coefficient (Wildman–Crippen LogP) is 4.19. The molecule has 0 radical (unpaired) electrons. The van der Waals surface area contributed by atoms with E-state index < -0.39 is 0 Å². The lowest BCUT2D eigenvalue weighted by atomic mass is 10.1. The molecule has 0 spiro atoms. The normalized spacial score (nSPS) is 16.3. The van der Waals surface area contributed by atoms with Crippen LogP contribution in [-0.4, -0.2) is 61.6 Å². The van der Waals surface area contributed by atoms with Gasteiger partial charge in [0.05, 0.1) is 22.5 Å². The first-order valence-electron chi connectivity index (χ1n) is 11.0. The third-order valence-electron chi connectivity index (χ3n) is 6.16. The van der Waals surface area contributed by atoms with Gasteiger partial charge in [-0.25, -0.2) is 15.0 Å². The van der Waals surface area contributed by atoms with Crippen LogP contribution >= 0.6 is 11.6 Å². The van der Waals surface area contributed by atoms with Crippen molar-refractivity contribution < 1.29 is 9.53 Å². The fraction of sp³-hybridized carbons (Fsp3) is 0.292. The van der Waals surface area contributed by atoms with Crippen molar-refractivity contribution in [3.05, 3.63) is 53.6 Å². The van der Waals surface area contributed by atoms with Gasteiger partial charge in [0.15, 0.2) is 0 Å². The number of halogens is 1. The molecule has 3 aromatic heterocycles. The fourth-order valence-corrected chi connectivity index (χ4v) is 4.62. The van der Waals surface area contributed by atoms with Gasteiger partial charge in [-0.05, 0) is 39.0 Å². The summed E-state index contributed by atoms with van der Waals surface area (Å²) in [7, 11) is 0. The minimum Gasteiger partial charge on any atom is -0.436 e. The molecule has 0 aliphatic carbocycles. The van der Waals surface area contributed by atoms with Crippen molar-refractivity contribution >= 4 is 45.1 Å². The molecular formula is C24H24ClN7O2. The summed E-state index contributed by atoms with van der Waals surface area (Å²) in [5.41, 5.74) is 2.94. The highest BCUT2D eigenvalue weighted by Gasteiger charge is 2.28. The lowest BCUT2D eigenvalue weighted by molar-refractivity contribution is -0.128. The molecule has 174 valence electrons. The molecule has 4 aromatic rings. The van der Waals surface area contributed by atoms with Crippen molar-refractivity contribution in [2.24, 2.45) is 0 Å². The Balaban J connectivity index is 1.56. The summed E-state index contributed by atoms with van der Waals surface area (Å²) < 4.78 is 6.35. The van der Waals surface area contributed by atoms with E-state index in [9.17, 15) is 4.79 Å². The van der Waals surface area contributed by atoms with Gasteiger partial charge in [0.25, 0.3) is 0 Å². The van der Waals surface area contributed by atoms with Crippen LogP contribution in [0.1, 0.15) is 18.2 Å². The van der Waals surface area contributed by atoms with Crippen LogP contribution in [0.2, 0.25) is 5.02 Å². The van der Waals surface area contributed by atoms with Crippen LogP contribution in [-0.2, 0) is 4.79 Å². The van der Waals surface area contributed by atoms with Crippen molar-refractivity contribution in [2.45, 2.75) is 26.8 Å². The first-order chi connectivity index (χ1) is 16.4. The third-order valence-corrected chi connectivity index (χ3v) is 6.56. The highest BCUT2D eigenvalue weighted by Crippen LogP contribution is 2.39. The zero-order valence-electron chi connectivity index (χ0n) is 19.2. The highest BCUT2D eigenvalue weighted by atomic mass is 35.5. The molecule has 0 unspecified atom stereocenters. The number of ether oxygens (including phenoxy) is 1. The highest BCUT2D eigenvalue weighted by molar-refractivity contribution is 6.32. The first-order valence-corrected chi connectivity index (χ1v) is 11.4. The molecule has 1 aliphatic rings. The number of aromatic nitrogens is 5. The molecular weight excluding hydrogens is 454 g/mol. The lowest BCUT2D eigenvalue weighted by Crippen LogP contribution is -2.54. The Morgan fingerprint density at radius 3 is 2.85 bits per heavy atom. The number of carbonyl (C=O) groups excluding carboxylic acids is 1. The number of hydrogen-bond donors (Lipinski definition) is 1. The number of carbonyl (C=O) groups is 1. The summed E-state index contributed by atoms with van der Waals surface area (Å²) in [6, 6.07) is 3.81. The number of fused-ring (bicyclic) bond motifs is 2. The van der Waals surface area contributed by atoms with Crippen LogP contribution in [0.4, 0.5) is 5.82 Å². The van der Waals surface area contributed by atoms with E-state index in [2.05, 4.69) is 36.6 Å². The van der Waals surface area contributed by atoms with Crippen LogP contribution in [0, 0.1) is 13.8 Å². The van der Waals surface area contributed by atoms with Gasteiger partial charge >= 0.3 is 0 Å². The van der Waals surface area contributed by atoms with Gasteiger partial charge < -0.3 is 14.5 Å². The minimum absolute atomic E-state index is 0.0198. The second kappa shape index (κ2) is 8.57. The van der Waals surface area contributed by atoms with Crippen molar-refractivity contribution in [2.75, 3.05) is 24.5 Å². The van der Waals surface area contributed by atoms with E-state index in [0.717, 1.165) is 33.4 Å². The molecule has 1 N–H and O–H groups in total. The zero-order valence-corrected chi connectivity index (χ0v) is 19.9. The van der Waals surface area contributed by atoms with Crippen LogP contribution < -0.4 is 9.64 Å². The van der Waals surface area contributed by atoms with Gasteiger partial charge in [-0.3, -0.25) is 9.89 Å². The number of H-pyrrole nitrogens is 1. The molecule has 0 bridgehead atoms. The molecule has 5 rings (SSSR count). The van der Waals surface area contributed by atoms with Gasteiger partial charge in [-0.15, -0.1) is 0 Å². The number of hydrogen-bond acceptors (Lipinski definition) is 7. The molecule has 1 amide bonds. The second-order valence-electron chi connectivity index (χ2n) is 8.44. The van der Waals surface area contributed by atoms with Gasteiger partial charge in [-0.1, -0.05) is 18.2 Å². The van der Waals surface area contributed by atoms with Crippen LogP contribution in [0.5, 0.6) is 11.6 Å². The van der Waals surface area contributed by atoms with Crippen molar-refractivity contribution in [3.8, 4) is 11.6 Å². The molecule has 1 aromatic carbocycles. The van der Waals surface area contributed by atoms with Crippen LogP contribution in [0.15, 0.2) is 37.3 Å². The van der Waals surface area contributed by atoms with Crippen molar-refractivity contribution in [1.29, 1.82) is 0 Å². The molecule has 10 heteroatoms. The first kappa shape index (κ1) is 22.1. The standard InChI is InChI=1S/C24H24ClN7O2/c1-5-20(33)32-7-6-31(11-14(32)3)23-16-8-13(2)29-24(21(16)26-12-27-23)34-22-15(4)18(25)9-19-17(22)10-28-30-19/h5,8-10,12,14H,1,6-7,11H2,2-4H3,(H,28,30)/t14-/m0/s1. The van der Waals surface area contributed by atoms with Crippen LogP contribution in [0.3, 0.4) is 0 Å². The topological polar surface area (TPSA) is 100 Å². The molecule has 4 heterocycles. The van der Waals surface area contributed by atoms with Gasteiger partial charge in [0, 0.05) is 42.0 Å². The minimum atomic E-state index is -0.0575. The predicted molar refractivity (Wildman–Crippen MR) is 132 cm³/mol. The van der Waals surface area contributed by atoms with E-state index >= 15 is 0 Å². The molecule has 9 nitrogen and oxygen atoms in total. The number of rotatable bonds is 4. The largest absolute Gasteiger partial charge is 0.436 e. The molecule has 1 saturated heterocycles. The van der Waals surface area contributed by atoms with Gasteiger partial charge in [0.2, 0.25) is 11.8 Å². The summed E-state index contributed by atoms with van der Waals surface area (Å²) in [5, 5.41) is 9.27. The number of aromatic amines is 1. The monoisotopic (exact) mass is 477 g/mol. The number of aryl methyl sites for hydroxylation is 1. The van der Waals surface area contributed by atoms with E-state index in [0.29, 0.717) is 41.8 Å². The molecule has 1 atom stereocenters. The summed E-state index contributed by atoms with van der Waals surface area (Å²) in [5.74, 6) is 1.69. The smallest absolute Gasteiger partial charge is 0.246 e. The third kappa shape index (κ3) is 3.71. The van der Waals surface area contributed by atoms with E-state index in [-0.39, 0.29) is 11.9 Å². The van der Waals surface area contributed by atoms with E-state index in [4.69, 9.17) is 16.3 Å². The summed E-state index contributed by atoms with van der Waals surface area (Å²) in [4.78, 5) is 29.9. The number of benzene rings is 1. The maximum absolute atomic E-state index is 12.1. The SMILES string of the molecule is C=CC(=O)N1CCN(c2ncnc3c(Oc4c(C)c(Cl)cc5[nH]ncc45)nc(C)cc23)C[C@@H]1C. The Morgan fingerprint density at radius 2 is 2.09 bits per heavy atom. The Bertz CT molecular complexity index is 1430. The number of anilines is 1. The summed E-state index contributed by atoms with van der Waals surface area (Å²) in [6.45, 7) is 11.3. The molecule has 34 heavy (non-hydrogen) atoms. The quantitative estimate of drug-likeness (QED) is 0.440. The average Bonchev–Trinajstić information content (AvgIpc) is 3.29. The number of nitrogens with zero attached hydrogens (tertiary/aromatic N) is 6. The Hall–Kier alpha value is -3.72. The maximum atomic E-state index is 12.1. The zero-order chi connectivity index (χ0) is 24.0. The Morgan fingerprint density at radius 1 is 1.26 bits per heavy atom. The lowest BCUT2D eigenvalue weighted by Gasteiger charge is -2.40. The molecule has 0 saturated carbocycles. The van der Waals surface area contributed by atoms with Crippen molar-refractivity contribution in [3.63, 3.8) is 0 Å². The second-order valence-corrected chi connectivity index (χ2v) is 8.85. The van der Waals surface area contributed by atoms with E-state index in [1.807, 2.05) is 37.8 Å². The van der Waals surface area contributed by atoms with Gasteiger partial charge in [0.1, 0.15) is 23.4 Å². The number of amides is 1. The summed E-state index contributed by atoms with van der Waals surface area (Å²) in [6.07, 6.45) is 4.59. The Labute approximate surface area is 201 Å². The number of nitrogens with one attached hydrogen (secondary N) is 1. The fourth-order valence-electron chi connectivity index (χ4n) is 4.42. The number of piperazine rings is 1. The van der Waals surface area contributed by atoms with E-state index in [1.54, 1.807) is 6.20 Å². The molecule has 1 aliphatic heterocycles. The Kier molecular flexibility index (Phi) is 5.57.